The summed E-state index contributed by atoms with van der Waals surface area (Å²) in [5, 5.41) is 17.5. The van der Waals surface area contributed by atoms with Gasteiger partial charge >= 0.3 is 5.97 Å². The third-order valence-electron chi connectivity index (χ3n) is 2.53. The van der Waals surface area contributed by atoms with E-state index < -0.39 is 11.8 Å². The minimum atomic E-state index is -1.10. The highest BCUT2D eigenvalue weighted by molar-refractivity contribution is 7.98. The van der Waals surface area contributed by atoms with Crippen molar-refractivity contribution in [2.24, 2.45) is 0 Å². The highest BCUT2D eigenvalue weighted by atomic mass is 32.2. The van der Waals surface area contributed by atoms with E-state index in [2.05, 4.69) is 4.98 Å². The molecule has 6 heteroatoms. The molecule has 2 aromatic rings. The molecular weight excluding hydrogens is 279 g/mol. The van der Waals surface area contributed by atoms with Crippen molar-refractivity contribution in [3.63, 3.8) is 0 Å². The lowest BCUT2D eigenvalue weighted by molar-refractivity contribution is 0.0690. The number of carboxylic acids is 1. The molecule has 0 radical (unpaired) electrons. The fourth-order valence-electron chi connectivity index (χ4n) is 1.51. The highest BCUT2D eigenvalue weighted by Gasteiger charge is 2.07. The molecular formula is C14H9FN2O2S. The van der Waals surface area contributed by atoms with Gasteiger partial charge < -0.3 is 5.11 Å². The highest BCUT2D eigenvalue weighted by Crippen LogP contribution is 2.24. The zero-order valence-electron chi connectivity index (χ0n) is 10.2. The Balaban J connectivity index is 2.11. The average Bonchev–Trinajstić information content (AvgIpc) is 2.46. The van der Waals surface area contributed by atoms with Crippen LogP contribution in [-0.2, 0) is 5.75 Å². The van der Waals surface area contributed by atoms with Crippen LogP contribution in [0.25, 0.3) is 0 Å². The third-order valence-corrected chi connectivity index (χ3v) is 3.57. The molecule has 0 amide bonds. The minimum Gasteiger partial charge on any atom is -0.477 e. The molecule has 0 fully saturated rings. The van der Waals surface area contributed by atoms with Gasteiger partial charge in [-0.25, -0.2) is 14.2 Å². The number of nitrogens with zero attached hydrogens (tertiary/aromatic N) is 2. The van der Waals surface area contributed by atoms with Crippen LogP contribution in [0.1, 0.15) is 21.6 Å². The summed E-state index contributed by atoms with van der Waals surface area (Å²) in [7, 11) is 0. The van der Waals surface area contributed by atoms with E-state index in [1.807, 2.05) is 6.07 Å². The Kier molecular flexibility index (Phi) is 4.33. The zero-order valence-corrected chi connectivity index (χ0v) is 11.0. The van der Waals surface area contributed by atoms with Gasteiger partial charge in [-0.05, 0) is 29.8 Å². The van der Waals surface area contributed by atoms with Crippen molar-refractivity contribution >= 4 is 17.7 Å². The summed E-state index contributed by atoms with van der Waals surface area (Å²) < 4.78 is 13.7. The zero-order chi connectivity index (χ0) is 14.5. The van der Waals surface area contributed by atoms with Gasteiger partial charge in [-0.1, -0.05) is 6.07 Å². The van der Waals surface area contributed by atoms with E-state index in [0.717, 1.165) is 0 Å². The Morgan fingerprint density at radius 2 is 2.20 bits per heavy atom. The molecule has 2 rings (SSSR count). The number of carboxylic acid groups (broad SMARTS) is 1. The summed E-state index contributed by atoms with van der Waals surface area (Å²) in [5.41, 5.74) is 0.686. The van der Waals surface area contributed by atoms with Crippen molar-refractivity contribution in [1.29, 1.82) is 5.26 Å². The van der Waals surface area contributed by atoms with Gasteiger partial charge in [-0.2, -0.15) is 5.26 Å². The molecule has 0 bridgehead atoms. The van der Waals surface area contributed by atoms with Gasteiger partial charge in [0.1, 0.15) is 11.5 Å². The topological polar surface area (TPSA) is 74.0 Å². The summed E-state index contributed by atoms with van der Waals surface area (Å²) >= 11 is 1.31. The van der Waals surface area contributed by atoms with Crippen LogP contribution in [-0.4, -0.2) is 16.1 Å². The molecule has 0 unspecified atom stereocenters. The van der Waals surface area contributed by atoms with Crippen LogP contribution in [0.5, 0.6) is 0 Å². The first kappa shape index (κ1) is 14.0. The van der Waals surface area contributed by atoms with Crippen molar-refractivity contribution in [1.82, 2.24) is 4.98 Å². The average molecular weight is 288 g/mol. The number of halogens is 1. The molecule has 0 atom stereocenters. The van der Waals surface area contributed by atoms with E-state index in [1.165, 1.54) is 30.1 Å². The summed E-state index contributed by atoms with van der Waals surface area (Å²) in [4.78, 5) is 15.2. The van der Waals surface area contributed by atoms with Crippen LogP contribution < -0.4 is 0 Å². The summed E-state index contributed by atoms with van der Waals surface area (Å²) in [5.74, 6) is -1.19. The number of pyridine rings is 1. The lowest BCUT2D eigenvalue weighted by Crippen LogP contribution is -1.99. The molecule has 20 heavy (non-hydrogen) atoms. The van der Waals surface area contributed by atoms with Gasteiger partial charge in [0.2, 0.25) is 0 Å². The summed E-state index contributed by atoms with van der Waals surface area (Å²) in [6, 6.07) is 9.26. The second-order valence-corrected chi connectivity index (χ2v) is 4.94. The molecule has 4 nitrogen and oxygen atoms in total. The van der Waals surface area contributed by atoms with E-state index in [4.69, 9.17) is 10.4 Å². The van der Waals surface area contributed by atoms with Gasteiger partial charge in [0, 0.05) is 16.8 Å². The first-order valence-electron chi connectivity index (χ1n) is 5.61. The van der Waals surface area contributed by atoms with Gasteiger partial charge in [-0.3, -0.25) is 0 Å². The first-order chi connectivity index (χ1) is 9.60. The quantitative estimate of drug-likeness (QED) is 0.875. The molecule has 0 spiro atoms. The predicted octanol–water partition coefficient (Wildman–Crippen LogP) is 3.08. The normalized spacial score (nSPS) is 10.0. The maximum Gasteiger partial charge on any atom is 0.354 e. The number of aromatic nitrogens is 1. The van der Waals surface area contributed by atoms with Crippen molar-refractivity contribution in [3.05, 3.63) is 59.2 Å². The molecule has 1 aromatic carbocycles. The number of hydrogen-bond donors (Lipinski definition) is 1. The lowest BCUT2D eigenvalue weighted by atomic mass is 10.1. The fraction of sp³-hybridized carbons (Fsp3) is 0.0714. The standard InChI is InChI=1S/C14H9FN2O2S/c15-12-5-9(7-16)1-2-10(12)8-20-11-3-4-17-13(6-11)14(18)19/h1-6H,8H2,(H,18,19). The van der Waals surface area contributed by atoms with Crippen molar-refractivity contribution in [2.45, 2.75) is 10.6 Å². The van der Waals surface area contributed by atoms with Crippen LogP contribution in [0.3, 0.4) is 0 Å². The number of benzene rings is 1. The van der Waals surface area contributed by atoms with Crippen molar-refractivity contribution in [2.75, 3.05) is 0 Å². The van der Waals surface area contributed by atoms with E-state index >= 15 is 0 Å². The first-order valence-corrected chi connectivity index (χ1v) is 6.59. The Hall–Kier alpha value is -2.39. The van der Waals surface area contributed by atoms with Gasteiger partial charge in [0.05, 0.1) is 11.6 Å². The summed E-state index contributed by atoms with van der Waals surface area (Å²) in [6.07, 6.45) is 1.40. The monoisotopic (exact) mass is 288 g/mol. The lowest BCUT2D eigenvalue weighted by Gasteiger charge is -2.04. The largest absolute Gasteiger partial charge is 0.477 e. The number of carbonyl (C=O) groups is 1. The number of rotatable bonds is 4. The Morgan fingerprint density at radius 3 is 2.85 bits per heavy atom. The molecule has 0 saturated heterocycles. The Morgan fingerprint density at radius 1 is 1.40 bits per heavy atom. The van der Waals surface area contributed by atoms with Crippen molar-refractivity contribution in [3.8, 4) is 6.07 Å². The molecule has 100 valence electrons. The second kappa shape index (κ2) is 6.17. The fourth-order valence-corrected chi connectivity index (χ4v) is 2.42. The molecule has 1 N–H and O–H groups in total. The van der Waals surface area contributed by atoms with E-state index in [9.17, 15) is 9.18 Å². The number of aromatic carboxylic acids is 1. The van der Waals surface area contributed by atoms with E-state index in [-0.39, 0.29) is 11.3 Å². The molecule has 0 aliphatic heterocycles. The molecule has 1 heterocycles. The molecule has 1 aromatic heterocycles. The maximum atomic E-state index is 13.7. The van der Waals surface area contributed by atoms with Gasteiger partial charge in [0.15, 0.2) is 0 Å². The number of thioether (sulfide) groups is 1. The maximum absolute atomic E-state index is 13.7. The second-order valence-electron chi connectivity index (χ2n) is 3.89. The van der Waals surface area contributed by atoms with Crippen molar-refractivity contribution < 1.29 is 14.3 Å². The van der Waals surface area contributed by atoms with Crippen LogP contribution in [0.4, 0.5) is 4.39 Å². The molecule has 0 aliphatic carbocycles. The van der Waals surface area contributed by atoms with Gasteiger partial charge in [0.25, 0.3) is 0 Å². The number of hydrogen-bond acceptors (Lipinski definition) is 4. The third kappa shape index (κ3) is 3.33. The SMILES string of the molecule is N#Cc1ccc(CSc2ccnc(C(=O)O)c2)c(F)c1. The van der Waals surface area contributed by atoms with E-state index in [1.54, 1.807) is 18.2 Å². The van der Waals surface area contributed by atoms with E-state index in [0.29, 0.717) is 16.2 Å². The minimum absolute atomic E-state index is 0.0460. The number of nitriles is 1. The Labute approximate surface area is 118 Å². The smallest absolute Gasteiger partial charge is 0.354 e. The summed E-state index contributed by atoms with van der Waals surface area (Å²) in [6.45, 7) is 0. The molecule has 0 aliphatic rings. The van der Waals surface area contributed by atoms with Crippen LogP contribution in [0, 0.1) is 17.1 Å². The van der Waals surface area contributed by atoms with Crippen LogP contribution in [0.2, 0.25) is 0 Å². The molecule has 0 saturated carbocycles. The van der Waals surface area contributed by atoms with Crippen LogP contribution in [0.15, 0.2) is 41.4 Å². The predicted molar refractivity (Wildman–Crippen MR) is 71.9 cm³/mol. The van der Waals surface area contributed by atoms with Crippen LogP contribution >= 0.6 is 11.8 Å². The Bertz CT molecular complexity index is 698. The van der Waals surface area contributed by atoms with Gasteiger partial charge in [-0.15, -0.1) is 11.8 Å².